The molecule has 0 unspecified atom stereocenters. The van der Waals surface area contributed by atoms with Crippen LogP contribution in [-0.2, 0) is 10.0 Å². The van der Waals surface area contributed by atoms with Crippen molar-refractivity contribution in [2.75, 3.05) is 32.7 Å². The molecule has 0 spiro atoms. The van der Waals surface area contributed by atoms with Crippen LogP contribution in [0, 0.1) is 0 Å². The van der Waals surface area contributed by atoms with Crippen LogP contribution in [0.25, 0.3) is 0 Å². The highest BCUT2D eigenvalue weighted by Gasteiger charge is 2.29. The van der Waals surface area contributed by atoms with E-state index in [9.17, 15) is 8.42 Å². The van der Waals surface area contributed by atoms with Gasteiger partial charge in [0.15, 0.2) is 0 Å². The topological polar surface area (TPSA) is 40.6 Å². The smallest absolute Gasteiger partial charge is 0.244 e. The monoisotopic (exact) mass is 302 g/mol. The summed E-state index contributed by atoms with van der Waals surface area (Å²) in [6.45, 7) is 5.81. The Morgan fingerprint density at radius 3 is 2.37 bits per heavy atom. The minimum absolute atomic E-state index is 0.209. The van der Waals surface area contributed by atoms with E-state index in [-0.39, 0.29) is 4.90 Å². The van der Waals surface area contributed by atoms with Crippen molar-refractivity contribution < 1.29 is 8.42 Å². The molecule has 6 heteroatoms. The Balaban J connectivity index is 2.12. The molecule has 1 aromatic rings. The summed E-state index contributed by atoms with van der Waals surface area (Å²) in [5.74, 6) is 0. The van der Waals surface area contributed by atoms with Gasteiger partial charge in [0.25, 0.3) is 0 Å². The summed E-state index contributed by atoms with van der Waals surface area (Å²) in [7, 11) is -3.46. The van der Waals surface area contributed by atoms with Gasteiger partial charge in [-0.1, -0.05) is 30.7 Å². The Morgan fingerprint density at radius 2 is 1.79 bits per heavy atom. The van der Waals surface area contributed by atoms with E-state index in [4.69, 9.17) is 11.6 Å². The van der Waals surface area contributed by atoms with Crippen LogP contribution in [0.3, 0.4) is 0 Å². The molecule has 0 amide bonds. The zero-order valence-electron chi connectivity index (χ0n) is 11.0. The van der Waals surface area contributed by atoms with Gasteiger partial charge >= 0.3 is 0 Å². The molecule has 1 aromatic carbocycles. The number of benzene rings is 1. The molecule has 19 heavy (non-hydrogen) atoms. The summed E-state index contributed by atoms with van der Waals surface area (Å²) in [6.07, 6.45) is 1.09. The Bertz CT molecular complexity index is 525. The largest absolute Gasteiger partial charge is 0.301 e. The van der Waals surface area contributed by atoms with Gasteiger partial charge in [-0.3, -0.25) is 0 Å². The third-order valence-corrected chi connectivity index (χ3v) is 5.72. The van der Waals surface area contributed by atoms with Gasteiger partial charge in [0.1, 0.15) is 4.90 Å². The van der Waals surface area contributed by atoms with E-state index >= 15 is 0 Å². The number of rotatable bonds is 4. The molecule has 1 aliphatic heterocycles. The molecule has 1 heterocycles. The number of hydrogen-bond donors (Lipinski definition) is 0. The first-order valence-corrected chi connectivity index (χ1v) is 8.34. The first kappa shape index (κ1) is 14.8. The summed E-state index contributed by atoms with van der Waals surface area (Å²) in [6, 6.07) is 6.62. The summed E-state index contributed by atoms with van der Waals surface area (Å²) in [4.78, 5) is 2.50. The second-order valence-electron chi connectivity index (χ2n) is 4.68. The summed E-state index contributed by atoms with van der Waals surface area (Å²) in [5.41, 5.74) is 0. The SMILES string of the molecule is CCCN1CCN(S(=O)(=O)c2ccccc2Cl)CC1. The van der Waals surface area contributed by atoms with Gasteiger partial charge < -0.3 is 4.90 Å². The van der Waals surface area contributed by atoms with Gasteiger partial charge in [-0.15, -0.1) is 0 Å². The Morgan fingerprint density at radius 1 is 1.16 bits per heavy atom. The lowest BCUT2D eigenvalue weighted by atomic mass is 10.3. The molecule has 0 aliphatic carbocycles. The second kappa shape index (κ2) is 6.22. The fraction of sp³-hybridized carbons (Fsp3) is 0.538. The maximum atomic E-state index is 12.5. The maximum Gasteiger partial charge on any atom is 0.244 e. The van der Waals surface area contributed by atoms with E-state index in [1.807, 2.05) is 0 Å². The van der Waals surface area contributed by atoms with E-state index in [1.54, 1.807) is 24.3 Å². The van der Waals surface area contributed by atoms with E-state index < -0.39 is 10.0 Å². The standard InChI is InChI=1S/C13H19ClN2O2S/c1-2-7-15-8-10-16(11-9-15)19(17,18)13-6-4-3-5-12(13)14/h3-6H,2,7-11H2,1H3. The molecule has 0 atom stereocenters. The summed E-state index contributed by atoms with van der Waals surface area (Å²) >= 11 is 5.99. The third kappa shape index (κ3) is 3.28. The minimum atomic E-state index is -3.46. The summed E-state index contributed by atoms with van der Waals surface area (Å²) in [5, 5.41) is 0.290. The van der Waals surface area contributed by atoms with Crippen molar-refractivity contribution in [1.29, 1.82) is 0 Å². The highest BCUT2D eigenvalue weighted by Crippen LogP contribution is 2.24. The highest BCUT2D eigenvalue weighted by molar-refractivity contribution is 7.89. The van der Waals surface area contributed by atoms with Crippen LogP contribution in [-0.4, -0.2) is 50.3 Å². The number of piperazine rings is 1. The van der Waals surface area contributed by atoms with Gasteiger partial charge in [0, 0.05) is 26.2 Å². The van der Waals surface area contributed by atoms with Gasteiger partial charge in [-0.25, -0.2) is 8.42 Å². The van der Waals surface area contributed by atoms with Crippen LogP contribution in [0.5, 0.6) is 0 Å². The Hall–Kier alpha value is -0.620. The average Bonchev–Trinajstić information content (AvgIpc) is 2.40. The van der Waals surface area contributed by atoms with E-state index in [0.717, 1.165) is 26.1 Å². The van der Waals surface area contributed by atoms with Gasteiger partial charge in [-0.05, 0) is 25.1 Å². The summed E-state index contributed by atoms with van der Waals surface area (Å²) < 4.78 is 26.5. The van der Waals surface area contributed by atoms with Crippen LogP contribution < -0.4 is 0 Å². The maximum absolute atomic E-state index is 12.5. The molecule has 106 valence electrons. The van der Waals surface area contributed by atoms with Crippen molar-refractivity contribution in [3.63, 3.8) is 0 Å². The van der Waals surface area contributed by atoms with Gasteiger partial charge in [-0.2, -0.15) is 4.31 Å². The van der Waals surface area contributed by atoms with E-state index in [1.165, 1.54) is 4.31 Å². The molecule has 0 N–H and O–H groups in total. The number of nitrogens with zero attached hydrogens (tertiary/aromatic N) is 2. The number of hydrogen-bond acceptors (Lipinski definition) is 3. The molecular formula is C13H19ClN2O2S. The van der Waals surface area contributed by atoms with E-state index in [0.29, 0.717) is 18.1 Å². The first-order valence-electron chi connectivity index (χ1n) is 6.52. The molecule has 1 saturated heterocycles. The van der Waals surface area contributed by atoms with Crippen molar-refractivity contribution in [1.82, 2.24) is 9.21 Å². The zero-order valence-corrected chi connectivity index (χ0v) is 12.6. The van der Waals surface area contributed by atoms with E-state index in [2.05, 4.69) is 11.8 Å². The predicted octanol–water partition coefficient (Wildman–Crippen LogP) is 2.06. The second-order valence-corrected chi connectivity index (χ2v) is 6.99. The van der Waals surface area contributed by atoms with Crippen molar-refractivity contribution in [2.45, 2.75) is 18.2 Å². The van der Waals surface area contributed by atoms with Crippen molar-refractivity contribution in [3.8, 4) is 0 Å². The molecular weight excluding hydrogens is 284 g/mol. The quantitative estimate of drug-likeness (QED) is 0.855. The van der Waals surface area contributed by atoms with Crippen LogP contribution in [0.4, 0.5) is 0 Å². The zero-order chi connectivity index (χ0) is 13.9. The number of halogens is 1. The first-order chi connectivity index (χ1) is 9.05. The van der Waals surface area contributed by atoms with Crippen molar-refractivity contribution in [2.24, 2.45) is 0 Å². The third-order valence-electron chi connectivity index (χ3n) is 3.33. The van der Waals surface area contributed by atoms with Crippen LogP contribution >= 0.6 is 11.6 Å². The minimum Gasteiger partial charge on any atom is -0.301 e. The van der Waals surface area contributed by atoms with Crippen LogP contribution in [0.2, 0.25) is 5.02 Å². The Kier molecular flexibility index (Phi) is 4.84. The molecule has 2 rings (SSSR count). The molecule has 0 bridgehead atoms. The highest BCUT2D eigenvalue weighted by atomic mass is 35.5. The Labute approximate surface area is 120 Å². The van der Waals surface area contributed by atoms with Gasteiger partial charge in [0.05, 0.1) is 5.02 Å². The van der Waals surface area contributed by atoms with Crippen LogP contribution in [0.1, 0.15) is 13.3 Å². The molecule has 0 radical (unpaired) electrons. The normalized spacial score (nSPS) is 18.6. The van der Waals surface area contributed by atoms with Crippen molar-refractivity contribution in [3.05, 3.63) is 29.3 Å². The lowest BCUT2D eigenvalue weighted by Gasteiger charge is -2.33. The predicted molar refractivity (Wildman–Crippen MR) is 76.9 cm³/mol. The molecule has 1 fully saturated rings. The molecule has 4 nitrogen and oxygen atoms in total. The lowest BCUT2D eigenvalue weighted by molar-refractivity contribution is 0.188. The fourth-order valence-electron chi connectivity index (χ4n) is 2.30. The molecule has 1 aliphatic rings. The van der Waals surface area contributed by atoms with Gasteiger partial charge in [0.2, 0.25) is 10.0 Å². The average molecular weight is 303 g/mol. The molecule has 0 saturated carbocycles. The lowest BCUT2D eigenvalue weighted by Crippen LogP contribution is -2.48. The fourth-order valence-corrected chi connectivity index (χ4v) is 4.22. The number of sulfonamides is 1. The molecule has 0 aromatic heterocycles. The van der Waals surface area contributed by atoms with Crippen LogP contribution in [0.15, 0.2) is 29.2 Å². The van der Waals surface area contributed by atoms with Crippen molar-refractivity contribution >= 4 is 21.6 Å².